The zero-order valence-electron chi connectivity index (χ0n) is 8.20. The number of hydrogen-bond acceptors (Lipinski definition) is 5. The average Bonchev–Trinajstić information content (AvgIpc) is 2.31. The third kappa shape index (κ3) is 2.11. The molecular weight excluding hydrogens is 208 g/mol. The van der Waals surface area contributed by atoms with Crippen molar-refractivity contribution in [3.05, 3.63) is 53.1 Å². The maximum Gasteiger partial charge on any atom is 0.292 e. The van der Waals surface area contributed by atoms with Crippen LogP contribution in [-0.4, -0.2) is 14.9 Å². The lowest BCUT2D eigenvalue weighted by molar-refractivity contribution is -0.383. The monoisotopic (exact) mass is 216 g/mol. The number of benzene rings is 1. The Hall–Kier alpha value is -2.50. The number of aromatic nitrogens is 2. The van der Waals surface area contributed by atoms with Gasteiger partial charge in [-0.3, -0.25) is 10.1 Å². The Morgan fingerprint density at radius 1 is 1.19 bits per heavy atom. The molecule has 0 amide bonds. The number of nitrogens with one attached hydrogen (secondary N) is 1. The van der Waals surface area contributed by atoms with Crippen LogP contribution in [0.1, 0.15) is 0 Å². The topological polar surface area (TPSA) is 81.0 Å². The fourth-order valence-electron chi connectivity index (χ4n) is 1.26. The molecule has 6 nitrogen and oxygen atoms in total. The van der Waals surface area contributed by atoms with Gasteiger partial charge in [0.15, 0.2) is 0 Å². The van der Waals surface area contributed by atoms with Crippen LogP contribution in [0.2, 0.25) is 0 Å². The van der Waals surface area contributed by atoms with E-state index in [1.165, 1.54) is 12.4 Å². The van der Waals surface area contributed by atoms with Crippen LogP contribution >= 0.6 is 0 Å². The van der Waals surface area contributed by atoms with Gasteiger partial charge < -0.3 is 5.32 Å². The Balaban J connectivity index is 2.31. The molecule has 16 heavy (non-hydrogen) atoms. The van der Waals surface area contributed by atoms with Crippen molar-refractivity contribution >= 4 is 17.1 Å². The molecule has 1 heterocycles. The van der Waals surface area contributed by atoms with Gasteiger partial charge in [-0.1, -0.05) is 12.1 Å². The van der Waals surface area contributed by atoms with Gasteiger partial charge >= 0.3 is 0 Å². The standard InChI is InChI=1S/C10H8N4O2/c15-14(16)10-4-2-1-3-9(10)13-8-5-11-7-12-6-8/h1-7,13H. The Morgan fingerprint density at radius 3 is 2.56 bits per heavy atom. The van der Waals surface area contributed by atoms with E-state index in [4.69, 9.17) is 0 Å². The van der Waals surface area contributed by atoms with Crippen molar-refractivity contribution in [3.8, 4) is 0 Å². The van der Waals surface area contributed by atoms with E-state index in [0.29, 0.717) is 11.4 Å². The summed E-state index contributed by atoms with van der Waals surface area (Å²) in [5.41, 5.74) is 1.05. The summed E-state index contributed by atoms with van der Waals surface area (Å²) in [4.78, 5) is 17.9. The molecule has 0 unspecified atom stereocenters. The lowest BCUT2D eigenvalue weighted by atomic mass is 10.2. The molecule has 0 aliphatic carbocycles. The number of anilines is 2. The van der Waals surface area contributed by atoms with Crippen molar-refractivity contribution < 1.29 is 4.92 Å². The highest BCUT2D eigenvalue weighted by Gasteiger charge is 2.11. The van der Waals surface area contributed by atoms with E-state index in [1.54, 1.807) is 30.6 Å². The van der Waals surface area contributed by atoms with Gasteiger partial charge in [0, 0.05) is 6.07 Å². The van der Waals surface area contributed by atoms with Crippen LogP contribution < -0.4 is 5.32 Å². The number of nitrogens with zero attached hydrogens (tertiary/aromatic N) is 3. The van der Waals surface area contributed by atoms with Gasteiger partial charge in [0.05, 0.1) is 23.0 Å². The molecule has 0 aliphatic heterocycles. The lowest BCUT2D eigenvalue weighted by Crippen LogP contribution is -1.97. The molecule has 0 aliphatic rings. The van der Waals surface area contributed by atoms with Crippen LogP contribution in [-0.2, 0) is 0 Å². The van der Waals surface area contributed by atoms with Gasteiger partial charge in [-0.15, -0.1) is 0 Å². The smallest absolute Gasteiger partial charge is 0.292 e. The van der Waals surface area contributed by atoms with Crippen molar-refractivity contribution in [2.24, 2.45) is 0 Å². The molecule has 0 atom stereocenters. The Morgan fingerprint density at radius 2 is 1.88 bits per heavy atom. The number of nitro groups is 1. The van der Waals surface area contributed by atoms with Gasteiger partial charge in [0.1, 0.15) is 12.0 Å². The average molecular weight is 216 g/mol. The van der Waals surface area contributed by atoms with Gasteiger partial charge in [-0.05, 0) is 6.07 Å². The Kier molecular flexibility index (Phi) is 2.73. The van der Waals surface area contributed by atoms with E-state index < -0.39 is 4.92 Å². The van der Waals surface area contributed by atoms with Crippen molar-refractivity contribution in [1.29, 1.82) is 0 Å². The van der Waals surface area contributed by atoms with Crippen molar-refractivity contribution in [3.63, 3.8) is 0 Å². The first-order chi connectivity index (χ1) is 7.77. The van der Waals surface area contributed by atoms with Crippen LogP contribution in [0.5, 0.6) is 0 Å². The van der Waals surface area contributed by atoms with E-state index in [0.717, 1.165) is 0 Å². The van der Waals surface area contributed by atoms with E-state index in [1.807, 2.05) is 0 Å². The third-order valence-electron chi connectivity index (χ3n) is 1.94. The van der Waals surface area contributed by atoms with Crippen LogP contribution in [0.25, 0.3) is 0 Å². The summed E-state index contributed by atoms with van der Waals surface area (Å²) in [6, 6.07) is 6.40. The summed E-state index contributed by atoms with van der Waals surface area (Å²) in [5.74, 6) is 0. The second-order valence-corrected chi connectivity index (χ2v) is 3.03. The molecule has 0 spiro atoms. The SMILES string of the molecule is O=[N+]([O-])c1ccccc1Nc1cncnc1. The van der Waals surface area contributed by atoms with E-state index in [9.17, 15) is 10.1 Å². The molecule has 2 rings (SSSR count). The molecule has 0 bridgehead atoms. The summed E-state index contributed by atoms with van der Waals surface area (Å²) in [6.07, 6.45) is 4.48. The molecule has 0 fully saturated rings. The lowest BCUT2D eigenvalue weighted by Gasteiger charge is -2.05. The number of nitro benzene ring substituents is 1. The van der Waals surface area contributed by atoms with Crippen LogP contribution in [0, 0.1) is 10.1 Å². The predicted molar refractivity (Wildman–Crippen MR) is 58.4 cm³/mol. The fourth-order valence-corrected chi connectivity index (χ4v) is 1.26. The summed E-state index contributed by atoms with van der Waals surface area (Å²) < 4.78 is 0. The van der Waals surface area contributed by atoms with E-state index in [-0.39, 0.29) is 5.69 Å². The summed E-state index contributed by atoms with van der Waals surface area (Å²) in [6.45, 7) is 0. The first kappa shape index (κ1) is 10.0. The van der Waals surface area contributed by atoms with E-state index in [2.05, 4.69) is 15.3 Å². The van der Waals surface area contributed by atoms with Crippen LogP contribution in [0.3, 0.4) is 0 Å². The molecule has 6 heteroatoms. The quantitative estimate of drug-likeness (QED) is 0.627. The summed E-state index contributed by atoms with van der Waals surface area (Å²) >= 11 is 0. The zero-order valence-corrected chi connectivity index (χ0v) is 8.20. The van der Waals surface area contributed by atoms with Gasteiger partial charge in [0.2, 0.25) is 0 Å². The summed E-state index contributed by atoms with van der Waals surface area (Å²) in [5, 5.41) is 13.6. The molecule has 1 aromatic heterocycles. The normalized spacial score (nSPS) is 9.75. The number of hydrogen-bond donors (Lipinski definition) is 1. The minimum Gasteiger partial charge on any atom is -0.347 e. The first-order valence-corrected chi connectivity index (χ1v) is 4.53. The number of rotatable bonds is 3. The van der Waals surface area contributed by atoms with Crippen molar-refractivity contribution in [2.45, 2.75) is 0 Å². The van der Waals surface area contributed by atoms with Gasteiger partial charge in [0.25, 0.3) is 5.69 Å². The first-order valence-electron chi connectivity index (χ1n) is 4.53. The second-order valence-electron chi connectivity index (χ2n) is 3.03. The third-order valence-corrected chi connectivity index (χ3v) is 1.94. The molecular formula is C10H8N4O2. The second kappa shape index (κ2) is 4.35. The molecule has 2 aromatic rings. The maximum absolute atomic E-state index is 10.7. The van der Waals surface area contributed by atoms with Gasteiger partial charge in [-0.2, -0.15) is 0 Å². The van der Waals surface area contributed by atoms with Crippen molar-refractivity contribution in [1.82, 2.24) is 9.97 Å². The Bertz CT molecular complexity index is 501. The van der Waals surface area contributed by atoms with E-state index >= 15 is 0 Å². The zero-order chi connectivity index (χ0) is 11.4. The molecule has 0 radical (unpaired) electrons. The highest BCUT2D eigenvalue weighted by atomic mass is 16.6. The summed E-state index contributed by atoms with van der Waals surface area (Å²) in [7, 11) is 0. The minimum absolute atomic E-state index is 0.0198. The molecule has 0 saturated carbocycles. The highest BCUT2D eigenvalue weighted by Crippen LogP contribution is 2.25. The van der Waals surface area contributed by atoms with Crippen molar-refractivity contribution in [2.75, 3.05) is 5.32 Å². The molecule has 1 N–H and O–H groups in total. The van der Waals surface area contributed by atoms with Crippen LogP contribution in [0.4, 0.5) is 17.1 Å². The largest absolute Gasteiger partial charge is 0.347 e. The molecule has 80 valence electrons. The fraction of sp³-hybridized carbons (Fsp3) is 0. The molecule has 1 aromatic carbocycles. The Labute approximate surface area is 91.1 Å². The highest BCUT2D eigenvalue weighted by molar-refractivity contribution is 5.68. The number of para-hydroxylation sites is 2. The predicted octanol–water partition coefficient (Wildman–Crippen LogP) is 2.13. The molecule has 0 saturated heterocycles. The van der Waals surface area contributed by atoms with Gasteiger partial charge in [-0.25, -0.2) is 9.97 Å². The van der Waals surface area contributed by atoms with Crippen LogP contribution in [0.15, 0.2) is 43.0 Å². The maximum atomic E-state index is 10.7. The minimum atomic E-state index is -0.438.